The molecule has 208 valence electrons. The van der Waals surface area contributed by atoms with Gasteiger partial charge in [0, 0.05) is 29.1 Å². The number of carbonyl (C=O) groups is 1. The normalized spacial score (nSPS) is 13.7. The standard InChI is InChI=1S/C29H27FN8O3/c1-18(16-39)37-17-31-35-27(37)25-7-4-8-26(33-25)34-28(40)23-11-20(21-12-32-38(15-21)22-9-10-22)14-36(29(23)41)13-19-5-2-3-6-24(19)30/h2-8,11-12,14-15,17-18,22,39H,9-10,13,16H2,1H3,(H,33,34,40). The Bertz CT molecular complexity index is 1790. The highest BCUT2D eigenvalue weighted by Crippen LogP contribution is 2.35. The zero-order chi connectivity index (χ0) is 28.5. The third-order valence-corrected chi connectivity index (χ3v) is 7.02. The molecule has 0 bridgehead atoms. The lowest BCUT2D eigenvalue weighted by Crippen LogP contribution is -2.30. The fraction of sp³-hybridized carbons (Fsp3) is 0.241. The maximum Gasteiger partial charge on any atom is 0.263 e. The number of hydrogen-bond acceptors (Lipinski definition) is 7. The summed E-state index contributed by atoms with van der Waals surface area (Å²) in [5.74, 6) is -0.486. The fourth-order valence-corrected chi connectivity index (χ4v) is 4.56. The van der Waals surface area contributed by atoms with E-state index < -0.39 is 17.3 Å². The average Bonchev–Trinajstić information content (AvgIpc) is 3.49. The van der Waals surface area contributed by atoms with Crippen LogP contribution in [0.4, 0.5) is 10.2 Å². The van der Waals surface area contributed by atoms with Gasteiger partial charge in [0.2, 0.25) is 0 Å². The van der Waals surface area contributed by atoms with Gasteiger partial charge in [-0.25, -0.2) is 9.37 Å². The molecule has 1 atom stereocenters. The smallest absolute Gasteiger partial charge is 0.263 e. The van der Waals surface area contributed by atoms with Crippen molar-refractivity contribution >= 4 is 11.7 Å². The van der Waals surface area contributed by atoms with Crippen molar-refractivity contribution in [3.8, 4) is 22.6 Å². The molecule has 41 heavy (non-hydrogen) atoms. The Labute approximate surface area is 233 Å². The van der Waals surface area contributed by atoms with Crippen LogP contribution in [0.25, 0.3) is 22.6 Å². The van der Waals surface area contributed by atoms with Gasteiger partial charge in [0.05, 0.1) is 31.4 Å². The summed E-state index contributed by atoms with van der Waals surface area (Å²) in [5.41, 5.74) is 1.40. The van der Waals surface area contributed by atoms with Gasteiger partial charge in [-0.2, -0.15) is 5.10 Å². The Morgan fingerprint density at radius 1 is 1.15 bits per heavy atom. The Morgan fingerprint density at radius 3 is 2.76 bits per heavy atom. The molecular weight excluding hydrogens is 527 g/mol. The van der Waals surface area contributed by atoms with Crippen molar-refractivity contribution < 1.29 is 14.3 Å². The largest absolute Gasteiger partial charge is 0.394 e. The van der Waals surface area contributed by atoms with Crippen molar-refractivity contribution in [3.63, 3.8) is 0 Å². The van der Waals surface area contributed by atoms with Crippen molar-refractivity contribution in [2.24, 2.45) is 0 Å². The molecular formula is C29H27FN8O3. The van der Waals surface area contributed by atoms with Crippen molar-refractivity contribution in [3.05, 3.63) is 101 Å². The molecule has 1 unspecified atom stereocenters. The second kappa shape index (κ2) is 10.9. The third kappa shape index (κ3) is 5.41. The molecule has 1 fully saturated rings. The molecule has 4 heterocycles. The zero-order valence-corrected chi connectivity index (χ0v) is 22.2. The van der Waals surface area contributed by atoms with Crippen LogP contribution in [0, 0.1) is 5.82 Å². The number of aliphatic hydroxyl groups is 1. The van der Waals surface area contributed by atoms with Gasteiger partial charge in [0.1, 0.15) is 29.2 Å². The van der Waals surface area contributed by atoms with E-state index in [0.717, 1.165) is 18.4 Å². The Kier molecular flexibility index (Phi) is 6.98. The predicted octanol–water partition coefficient (Wildman–Crippen LogP) is 3.69. The number of hydrogen-bond donors (Lipinski definition) is 2. The summed E-state index contributed by atoms with van der Waals surface area (Å²) < 4.78 is 19.4. The van der Waals surface area contributed by atoms with E-state index >= 15 is 0 Å². The lowest BCUT2D eigenvalue weighted by atomic mass is 10.1. The van der Waals surface area contributed by atoms with Gasteiger partial charge in [0.25, 0.3) is 11.5 Å². The summed E-state index contributed by atoms with van der Waals surface area (Å²) >= 11 is 0. The predicted molar refractivity (Wildman–Crippen MR) is 149 cm³/mol. The summed E-state index contributed by atoms with van der Waals surface area (Å²) in [7, 11) is 0. The van der Waals surface area contributed by atoms with Crippen LogP contribution in [-0.4, -0.2) is 51.7 Å². The van der Waals surface area contributed by atoms with E-state index in [2.05, 4.69) is 25.6 Å². The van der Waals surface area contributed by atoms with Crippen molar-refractivity contribution in [2.75, 3.05) is 11.9 Å². The molecule has 0 radical (unpaired) electrons. The third-order valence-electron chi connectivity index (χ3n) is 7.02. The molecule has 0 spiro atoms. The van der Waals surface area contributed by atoms with Gasteiger partial charge in [-0.15, -0.1) is 10.2 Å². The molecule has 12 heteroatoms. The Balaban J connectivity index is 1.35. The van der Waals surface area contributed by atoms with Gasteiger partial charge in [-0.1, -0.05) is 24.3 Å². The molecule has 0 saturated heterocycles. The molecule has 6 rings (SSSR count). The molecule has 2 N–H and O–H groups in total. The number of carbonyl (C=O) groups excluding carboxylic acids is 1. The Hall–Kier alpha value is -4.97. The SMILES string of the molecule is CC(CO)n1cnnc1-c1cccc(NC(=O)c2cc(-c3cnn(C4CC4)c3)cn(Cc3ccccc3F)c2=O)n1. The van der Waals surface area contributed by atoms with Gasteiger partial charge in [-0.3, -0.25) is 14.3 Å². The molecule has 1 aliphatic carbocycles. The minimum absolute atomic E-state index is 0.0528. The van der Waals surface area contributed by atoms with Crippen molar-refractivity contribution in [1.29, 1.82) is 0 Å². The van der Waals surface area contributed by atoms with E-state index in [0.29, 0.717) is 28.7 Å². The molecule has 1 amide bonds. The van der Waals surface area contributed by atoms with E-state index in [9.17, 15) is 19.1 Å². The van der Waals surface area contributed by atoms with Crippen LogP contribution in [0.2, 0.25) is 0 Å². The monoisotopic (exact) mass is 554 g/mol. The summed E-state index contributed by atoms with van der Waals surface area (Å²) in [6.45, 7) is 1.64. The van der Waals surface area contributed by atoms with E-state index in [1.165, 1.54) is 23.0 Å². The number of aromatic nitrogens is 7. The molecule has 1 aliphatic rings. The van der Waals surface area contributed by atoms with Crippen LogP contribution >= 0.6 is 0 Å². The molecule has 1 saturated carbocycles. The number of nitrogens with zero attached hydrogens (tertiary/aromatic N) is 7. The number of aliphatic hydroxyl groups excluding tert-OH is 1. The number of benzene rings is 1. The van der Waals surface area contributed by atoms with Crippen LogP contribution in [-0.2, 0) is 6.54 Å². The summed E-state index contributed by atoms with van der Waals surface area (Å²) in [5, 5.41) is 24.7. The van der Waals surface area contributed by atoms with Crippen LogP contribution in [0.15, 0.2) is 78.2 Å². The second-order valence-electron chi connectivity index (χ2n) is 10.1. The first kappa shape index (κ1) is 26.3. The fourth-order valence-electron chi connectivity index (χ4n) is 4.56. The van der Waals surface area contributed by atoms with Crippen LogP contribution < -0.4 is 10.9 Å². The first-order chi connectivity index (χ1) is 19.9. The average molecular weight is 555 g/mol. The number of pyridine rings is 2. The zero-order valence-electron chi connectivity index (χ0n) is 22.2. The number of anilines is 1. The summed E-state index contributed by atoms with van der Waals surface area (Å²) in [4.78, 5) is 31.5. The Morgan fingerprint density at radius 2 is 1.98 bits per heavy atom. The number of amides is 1. The molecule has 1 aromatic carbocycles. The lowest BCUT2D eigenvalue weighted by Gasteiger charge is -2.13. The maximum absolute atomic E-state index is 14.5. The van der Waals surface area contributed by atoms with E-state index in [1.54, 1.807) is 53.4 Å². The summed E-state index contributed by atoms with van der Waals surface area (Å²) in [6, 6.07) is 12.8. The first-order valence-corrected chi connectivity index (χ1v) is 13.2. The highest BCUT2D eigenvalue weighted by Gasteiger charge is 2.25. The van der Waals surface area contributed by atoms with Crippen molar-refractivity contribution in [1.82, 2.24) is 34.1 Å². The second-order valence-corrected chi connectivity index (χ2v) is 10.1. The van der Waals surface area contributed by atoms with Crippen molar-refractivity contribution in [2.45, 2.75) is 38.4 Å². The van der Waals surface area contributed by atoms with Gasteiger partial charge >= 0.3 is 0 Å². The minimum Gasteiger partial charge on any atom is -0.394 e. The van der Waals surface area contributed by atoms with E-state index in [-0.39, 0.29) is 30.6 Å². The highest BCUT2D eigenvalue weighted by molar-refractivity contribution is 6.04. The van der Waals surface area contributed by atoms with Gasteiger partial charge in [-0.05, 0) is 44.0 Å². The maximum atomic E-state index is 14.5. The lowest BCUT2D eigenvalue weighted by molar-refractivity contribution is 0.102. The van der Waals surface area contributed by atoms with Crippen LogP contribution in [0.3, 0.4) is 0 Å². The van der Waals surface area contributed by atoms with Crippen LogP contribution in [0.1, 0.15) is 47.8 Å². The van der Waals surface area contributed by atoms with E-state index in [4.69, 9.17) is 0 Å². The topological polar surface area (TPSA) is 133 Å². The molecule has 0 aliphatic heterocycles. The summed E-state index contributed by atoms with van der Waals surface area (Å²) in [6.07, 6.45) is 8.82. The number of nitrogens with one attached hydrogen (secondary N) is 1. The quantitative estimate of drug-likeness (QED) is 0.284. The first-order valence-electron chi connectivity index (χ1n) is 13.2. The highest BCUT2D eigenvalue weighted by atomic mass is 19.1. The van der Waals surface area contributed by atoms with Gasteiger partial charge < -0.3 is 19.6 Å². The van der Waals surface area contributed by atoms with Gasteiger partial charge in [0.15, 0.2) is 5.82 Å². The number of halogens is 1. The molecule has 4 aromatic heterocycles. The molecule has 5 aromatic rings. The minimum atomic E-state index is -0.663. The molecule has 11 nitrogen and oxygen atoms in total. The van der Waals surface area contributed by atoms with E-state index in [1.807, 2.05) is 17.8 Å². The van der Waals surface area contributed by atoms with Crippen LogP contribution in [0.5, 0.6) is 0 Å². The number of rotatable bonds is 9.